The van der Waals surface area contributed by atoms with Crippen LogP contribution in [0.15, 0.2) is 34.9 Å². The van der Waals surface area contributed by atoms with Crippen LogP contribution in [0.25, 0.3) is 0 Å². The summed E-state index contributed by atoms with van der Waals surface area (Å²) in [6.45, 7) is 7.88. The molecule has 0 N–H and O–H groups in total. The molecule has 0 spiro atoms. The molecular weight excluding hydrogens is 316 g/mol. The summed E-state index contributed by atoms with van der Waals surface area (Å²) >= 11 is 0. The SMILES string of the molecule is CC[C@H](c1ccccc1)N1CC[C@@H](N(Cc2noc(C)n2)C(C)=O)C1. The summed E-state index contributed by atoms with van der Waals surface area (Å²) in [5.74, 6) is 1.16. The van der Waals surface area contributed by atoms with Gasteiger partial charge in [-0.2, -0.15) is 4.98 Å². The van der Waals surface area contributed by atoms with E-state index >= 15 is 0 Å². The van der Waals surface area contributed by atoms with Crippen LogP contribution in [0.1, 0.15) is 50.0 Å². The number of rotatable bonds is 6. The molecule has 3 rings (SSSR count). The van der Waals surface area contributed by atoms with E-state index in [0.717, 1.165) is 25.9 Å². The quantitative estimate of drug-likeness (QED) is 0.808. The zero-order chi connectivity index (χ0) is 17.8. The van der Waals surface area contributed by atoms with Gasteiger partial charge in [-0.1, -0.05) is 42.4 Å². The zero-order valence-electron chi connectivity index (χ0n) is 15.2. The van der Waals surface area contributed by atoms with Gasteiger partial charge in [0, 0.05) is 39.0 Å². The molecule has 1 saturated heterocycles. The fourth-order valence-corrected chi connectivity index (χ4v) is 3.74. The smallest absolute Gasteiger partial charge is 0.223 e. The molecule has 25 heavy (non-hydrogen) atoms. The third kappa shape index (κ3) is 4.07. The minimum atomic E-state index is 0.0575. The summed E-state index contributed by atoms with van der Waals surface area (Å²) in [6.07, 6.45) is 2.03. The molecule has 2 heterocycles. The van der Waals surface area contributed by atoms with Gasteiger partial charge in [-0.3, -0.25) is 9.69 Å². The highest BCUT2D eigenvalue weighted by molar-refractivity contribution is 5.73. The number of aryl methyl sites for hydroxylation is 1. The molecule has 0 bridgehead atoms. The fourth-order valence-electron chi connectivity index (χ4n) is 3.74. The van der Waals surface area contributed by atoms with E-state index in [0.29, 0.717) is 24.3 Å². The minimum absolute atomic E-state index is 0.0575. The number of carbonyl (C=O) groups excluding carboxylic acids is 1. The van der Waals surface area contributed by atoms with Gasteiger partial charge in [0.25, 0.3) is 0 Å². The Labute approximate surface area is 148 Å². The summed E-state index contributed by atoms with van der Waals surface area (Å²) < 4.78 is 5.03. The van der Waals surface area contributed by atoms with Gasteiger partial charge >= 0.3 is 0 Å². The number of hydrogen-bond donors (Lipinski definition) is 0. The molecule has 2 aromatic rings. The summed E-state index contributed by atoms with van der Waals surface area (Å²) in [5.41, 5.74) is 1.34. The molecule has 0 unspecified atom stereocenters. The van der Waals surface area contributed by atoms with Crippen molar-refractivity contribution in [1.29, 1.82) is 0 Å². The van der Waals surface area contributed by atoms with Crippen LogP contribution < -0.4 is 0 Å². The van der Waals surface area contributed by atoms with Crippen molar-refractivity contribution >= 4 is 5.91 Å². The van der Waals surface area contributed by atoms with E-state index in [1.165, 1.54) is 5.56 Å². The van der Waals surface area contributed by atoms with E-state index in [4.69, 9.17) is 4.52 Å². The fraction of sp³-hybridized carbons (Fsp3) is 0.526. The molecule has 134 valence electrons. The first-order chi connectivity index (χ1) is 12.1. The maximum Gasteiger partial charge on any atom is 0.223 e. The number of amides is 1. The van der Waals surface area contributed by atoms with Crippen molar-refractivity contribution < 1.29 is 9.32 Å². The number of carbonyl (C=O) groups is 1. The molecule has 2 atom stereocenters. The van der Waals surface area contributed by atoms with E-state index < -0.39 is 0 Å². The lowest BCUT2D eigenvalue weighted by Gasteiger charge is -2.30. The van der Waals surface area contributed by atoms with Crippen LogP contribution in [0.2, 0.25) is 0 Å². The lowest BCUT2D eigenvalue weighted by atomic mass is 10.0. The van der Waals surface area contributed by atoms with Crippen molar-refractivity contribution in [1.82, 2.24) is 19.9 Å². The average molecular weight is 342 g/mol. The van der Waals surface area contributed by atoms with E-state index in [2.05, 4.69) is 46.2 Å². The van der Waals surface area contributed by atoms with E-state index in [-0.39, 0.29) is 11.9 Å². The van der Waals surface area contributed by atoms with Gasteiger partial charge in [0.1, 0.15) is 0 Å². The zero-order valence-corrected chi connectivity index (χ0v) is 15.2. The molecule has 0 radical (unpaired) electrons. The summed E-state index contributed by atoms with van der Waals surface area (Å²) in [4.78, 5) is 20.8. The summed E-state index contributed by atoms with van der Waals surface area (Å²) in [6, 6.07) is 11.2. The maximum atomic E-state index is 12.2. The van der Waals surface area contributed by atoms with Crippen LogP contribution in [0.4, 0.5) is 0 Å². The summed E-state index contributed by atoms with van der Waals surface area (Å²) in [5, 5.41) is 3.93. The Balaban J connectivity index is 1.70. The Kier molecular flexibility index (Phi) is 5.48. The molecule has 1 aromatic heterocycles. The largest absolute Gasteiger partial charge is 0.340 e. The molecular formula is C19H26N4O2. The van der Waals surface area contributed by atoms with Gasteiger partial charge in [0.05, 0.1) is 6.54 Å². The molecule has 0 saturated carbocycles. The second-order valence-corrected chi connectivity index (χ2v) is 6.65. The lowest BCUT2D eigenvalue weighted by molar-refractivity contribution is -0.131. The first-order valence-corrected chi connectivity index (χ1v) is 8.94. The maximum absolute atomic E-state index is 12.2. The normalized spacial score (nSPS) is 19.1. The van der Waals surface area contributed by atoms with Crippen molar-refractivity contribution in [2.45, 2.75) is 52.2 Å². The van der Waals surface area contributed by atoms with E-state index in [1.54, 1.807) is 13.8 Å². The highest BCUT2D eigenvalue weighted by Gasteiger charge is 2.33. The van der Waals surface area contributed by atoms with Crippen LogP contribution >= 0.6 is 0 Å². The molecule has 1 amide bonds. The third-order valence-electron chi connectivity index (χ3n) is 4.93. The average Bonchev–Trinajstić information content (AvgIpc) is 3.23. The monoisotopic (exact) mass is 342 g/mol. The molecule has 0 aliphatic carbocycles. The van der Waals surface area contributed by atoms with Crippen molar-refractivity contribution in [2.24, 2.45) is 0 Å². The number of benzene rings is 1. The first kappa shape index (κ1) is 17.6. The van der Waals surface area contributed by atoms with Crippen molar-refractivity contribution in [3.05, 3.63) is 47.6 Å². The lowest BCUT2D eigenvalue weighted by Crippen LogP contribution is -2.41. The van der Waals surface area contributed by atoms with Crippen molar-refractivity contribution in [2.75, 3.05) is 13.1 Å². The van der Waals surface area contributed by atoms with Crippen molar-refractivity contribution in [3.63, 3.8) is 0 Å². The standard InChI is InChI=1S/C19H26N4O2/c1-4-18(16-8-6-5-7-9-16)22-11-10-17(12-22)23(15(3)24)13-19-20-14(2)25-21-19/h5-9,17-18H,4,10-13H2,1-3H3/t17-,18-/m1/s1. The number of hydrogen-bond acceptors (Lipinski definition) is 5. The van der Waals surface area contributed by atoms with Gasteiger partial charge in [-0.25, -0.2) is 0 Å². The molecule has 6 heteroatoms. The predicted octanol–water partition coefficient (Wildman–Crippen LogP) is 2.95. The molecule has 1 aliphatic rings. The Bertz CT molecular complexity index is 700. The first-order valence-electron chi connectivity index (χ1n) is 8.94. The Morgan fingerprint density at radius 3 is 2.76 bits per heavy atom. The topological polar surface area (TPSA) is 62.5 Å². The Morgan fingerprint density at radius 1 is 1.40 bits per heavy atom. The highest BCUT2D eigenvalue weighted by Crippen LogP contribution is 2.29. The second kappa shape index (κ2) is 7.78. The van der Waals surface area contributed by atoms with Crippen molar-refractivity contribution in [3.8, 4) is 0 Å². The minimum Gasteiger partial charge on any atom is -0.340 e. The Morgan fingerprint density at radius 2 is 2.16 bits per heavy atom. The van der Waals surface area contributed by atoms with Gasteiger partial charge < -0.3 is 9.42 Å². The van der Waals surface area contributed by atoms with Crippen LogP contribution in [0.5, 0.6) is 0 Å². The third-order valence-corrected chi connectivity index (χ3v) is 4.93. The van der Waals surface area contributed by atoms with Crippen LogP contribution in [0.3, 0.4) is 0 Å². The molecule has 1 aromatic carbocycles. The molecule has 1 aliphatic heterocycles. The molecule has 1 fully saturated rings. The number of nitrogens with zero attached hydrogens (tertiary/aromatic N) is 4. The predicted molar refractivity (Wildman–Crippen MR) is 94.7 cm³/mol. The van der Waals surface area contributed by atoms with Crippen LogP contribution in [0, 0.1) is 6.92 Å². The highest BCUT2D eigenvalue weighted by atomic mass is 16.5. The van der Waals surface area contributed by atoms with Crippen LogP contribution in [-0.2, 0) is 11.3 Å². The number of likely N-dealkylation sites (tertiary alicyclic amines) is 1. The Hall–Kier alpha value is -2.21. The van der Waals surface area contributed by atoms with Gasteiger partial charge in [-0.05, 0) is 18.4 Å². The van der Waals surface area contributed by atoms with E-state index in [9.17, 15) is 4.79 Å². The number of aromatic nitrogens is 2. The second-order valence-electron chi connectivity index (χ2n) is 6.65. The van der Waals surface area contributed by atoms with E-state index in [1.807, 2.05) is 11.0 Å². The van der Waals surface area contributed by atoms with Gasteiger partial charge in [0.2, 0.25) is 11.8 Å². The van der Waals surface area contributed by atoms with Gasteiger partial charge in [0.15, 0.2) is 5.82 Å². The van der Waals surface area contributed by atoms with Crippen LogP contribution in [-0.4, -0.2) is 45.0 Å². The molecule has 6 nitrogen and oxygen atoms in total. The summed E-state index contributed by atoms with van der Waals surface area (Å²) in [7, 11) is 0. The van der Waals surface area contributed by atoms with Gasteiger partial charge in [-0.15, -0.1) is 0 Å².